The van der Waals surface area contributed by atoms with Crippen LogP contribution >= 0.6 is 0 Å². The summed E-state index contributed by atoms with van der Waals surface area (Å²) < 4.78 is 6.69. The van der Waals surface area contributed by atoms with Crippen molar-refractivity contribution in [3.63, 3.8) is 0 Å². The molecule has 1 amide bonds. The van der Waals surface area contributed by atoms with E-state index in [2.05, 4.69) is 10.3 Å². The maximum Gasteiger partial charge on any atom is 0.280 e. The largest absolute Gasteiger partial charge is 0.390 e. The van der Waals surface area contributed by atoms with Crippen LogP contribution in [0.3, 0.4) is 0 Å². The molecular formula is C18H18N4O3. The van der Waals surface area contributed by atoms with Gasteiger partial charge in [-0.25, -0.2) is 0 Å². The molecule has 1 N–H and O–H groups in total. The zero-order valence-corrected chi connectivity index (χ0v) is 13.5. The van der Waals surface area contributed by atoms with Crippen molar-refractivity contribution in [2.75, 3.05) is 4.90 Å². The molecule has 7 nitrogen and oxygen atoms in total. The van der Waals surface area contributed by atoms with Gasteiger partial charge < -0.3 is 14.5 Å². The van der Waals surface area contributed by atoms with Gasteiger partial charge in [-0.05, 0) is 31.0 Å². The molecule has 0 aliphatic heterocycles. The van der Waals surface area contributed by atoms with Gasteiger partial charge in [0.15, 0.2) is 5.69 Å². The Morgan fingerprint density at radius 3 is 2.68 bits per heavy atom. The number of carbonyl (C=O) groups is 1. The number of aliphatic hydroxyl groups is 1. The molecule has 1 aromatic carbocycles. The van der Waals surface area contributed by atoms with E-state index in [0.717, 1.165) is 18.5 Å². The molecule has 0 saturated heterocycles. The van der Waals surface area contributed by atoms with Gasteiger partial charge in [0.1, 0.15) is 6.26 Å². The van der Waals surface area contributed by atoms with Gasteiger partial charge in [0.05, 0.1) is 18.3 Å². The van der Waals surface area contributed by atoms with Crippen LogP contribution in [0.15, 0.2) is 59.4 Å². The second-order valence-corrected chi connectivity index (χ2v) is 6.12. The van der Waals surface area contributed by atoms with Crippen molar-refractivity contribution in [1.29, 1.82) is 0 Å². The highest BCUT2D eigenvalue weighted by atomic mass is 16.5. The second kappa shape index (κ2) is 6.52. The maximum atomic E-state index is 12.9. The smallest absolute Gasteiger partial charge is 0.280 e. The van der Waals surface area contributed by atoms with Crippen molar-refractivity contribution in [2.24, 2.45) is 0 Å². The predicted octanol–water partition coefficient (Wildman–Crippen LogP) is 2.41. The lowest BCUT2D eigenvalue weighted by Gasteiger charge is -2.42. The minimum absolute atomic E-state index is 0.0655. The summed E-state index contributed by atoms with van der Waals surface area (Å²) in [6.45, 7) is -0.0655. The number of anilines is 1. The third kappa shape index (κ3) is 2.94. The quantitative estimate of drug-likeness (QED) is 0.772. The average Bonchev–Trinajstić information content (AvgIpc) is 3.29. The summed E-state index contributed by atoms with van der Waals surface area (Å²) in [6, 6.07) is 13.3. The minimum atomic E-state index is -0.167. The Morgan fingerprint density at radius 1 is 1.24 bits per heavy atom. The summed E-state index contributed by atoms with van der Waals surface area (Å²) in [6.07, 6.45) is 4.87. The van der Waals surface area contributed by atoms with Gasteiger partial charge in [-0.2, -0.15) is 5.10 Å². The summed E-state index contributed by atoms with van der Waals surface area (Å²) in [7, 11) is 0. The molecule has 1 aliphatic carbocycles. The van der Waals surface area contributed by atoms with E-state index in [4.69, 9.17) is 9.63 Å². The monoisotopic (exact) mass is 338 g/mol. The molecule has 7 heteroatoms. The molecule has 4 rings (SSSR count). The molecule has 25 heavy (non-hydrogen) atoms. The van der Waals surface area contributed by atoms with E-state index in [1.807, 2.05) is 47.3 Å². The van der Waals surface area contributed by atoms with Crippen LogP contribution in [0, 0.1) is 0 Å². The number of rotatable bonds is 5. The van der Waals surface area contributed by atoms with Crippen molar-refractivity contribution in [3.05, 3.63) is 66.3 Å². The fourth-order valence-corrected chi connectivity index (χ4v) is 3.18. The fourth-order valence-electron chi connectivity index (χ4n) is 3.18. The third-order valence-corrected chi connectivity index (χ3v) is 4.56. The lowest BCUT2D eigenvalue weighted by molar-refractivity contribution is 0.0937. The fraction of sp³-hybridized carbons (Fsp3) is 0.278. The van der Waals surface area contributed by atoms with Crippen molar-refractivity contribution in [2.45, 2.75) is 31.5 Å². The van der Waals surface area contributed by atoms with Crippen LogP contribution in [0.5, 0.6) is 0 Å². The number of aromatic nitrogens is 3. The van der Waals surface area contributed by atoms with Crippen molar-refractivity contribution in [3.8, 4) is 0 Å². The van der Waals surface area contributed by atoms with E-state index in [9.17, 15) is 4.79 Å². The summed E-state index contributed by atoms with van der Waals surface area (Å²) >= 11 is 0. The Bertz CT molecular complexity index is 838. The minimum Gasteiger partial charge on any atom is -0.390 e. The summed E-state index contributed by atoms with van der Waals surface area (Å²) in [5.41, 5.74) is 1.80. The van der Waals surface area contributed by atoms with Gasteiger partial charge in [0, 0.05) is 24.0 Å². The Hall–Kier alpha value is -2.93. The summed E-state index contributed by atoms with van der Waals surface area (Å²) in [5.74, 6) is -0.167. The Balaban J connectivity index is 1.55. The molecule has 0 bridgehead atoms. The Morgan fingerprint density at radius 2 is 2.04 bits per heavy atom. The zero-order valence-electron chi connectivity index (χ0n) is 13.5. The molecule has 128 valence electrons. The van der Waals surface area contributed by atoms with Crippen LogP contribution in [0.25, 0.3) is 0 Å². The number of benzene rings is 1. The number of hydrogen-bond donors (Lipinski definition) is 1. The molecule has 2 heterocycles. The topological polar surface area (TPSA) is 84.4 Å². The highest BCUT2D eigenvalue weighted by Crippen LogP contribution is 2.38. The molecule has 1 saturated carbocycles. The van der Waals surface area contributed by atoms with Crippen LogP contribution in [-0.2, 0) is 6.61 Å². The van der Waals surface area contributed by atoms with E-state index in [1.54, 1.807) is 11.0 Å². The van der Waals surface area contributed by atoms with Gasteiger partial charge in [0.25, 0.3) is 5.91 Å². The van der Waals surface area contributed by atoms with Crippen LogP contribution in [0.2, 0.25) is 0 Å². The van der Waals surface area contributed by atoms with Gasteiger partial charge in [0.2, 0.25) is 0 Å². The molecule has 0 unspecified atom stereocenters. The van der Waals surface area contributed by atoms with E-state index >= 15 is 0 Å². The first-order chi connectivity index (χ1) is 12.3. The summed E-state index contributed by atoms with van der Waals surface area (Å²) in [4.78, 5) is 14.7. The second-order valence-electron chi connectivity index (χ2n) is 6.12. The highest BCUT2D eigenvalue weighted by molar-refractivity contribution is 6.05. The number of aliphatic hydroxyl groups excluding tert-OH is 1. The Labute approximate surface area is 144 Å². The van der Waals surface area contributed by atoms with Crippen LogP contribution < -0.4 is 4.90 Å². The number of nitrogens with zero attached hydrogens (tertiary/aromatic N) is 4. The molecule has 1 fully saturated rings. The first kappa shape index (κ1) is 15.6. The SMILES string of the molecule is O=C(c1ccon1)N(c1ccccc1)C1CC(n2ccc(CO)n2)C1. The standard InChI is InChI=1S/C18H18N4O3/c23-12-13-6-8-21(19-13)15-10-16(11-15)22(14-4-2-1-3-5-14)18(24)17-7-9-25-20-17/h1-9,15-16,23H,10-12H2. The Kier molecular flexibility index (Phi) is 4.07. The van der Waals surface area contributed by atoms with Crippen LogP contribution in [0.1, 0.15) is 35.1 Å². The number of para-hydroxylation sites is 1. The van der Waals surface area contributed by atoms with Crippen LogP contribution in [-0.4, -0.2) is 32.0 Å². The van der Waals surface area contributed by atoms with E-state index < -0.39 is 0 Å². The summed E-state index contributed by atoms with van der Waals surface area (Å²) in [5, 5.41) is 17.3. The average molecular weight is 338 g/mol. The molecule has 0 atom stereocenters. The van der Waals surface area contributed by atoms with Crippen molar-refractivity contribution in [1.82, 2.24) is 14.9 Å². The van der Waals surface area contributed by atoms with E-state index in [-0.39, 0.29) is 24.6 Å². The number of amides is 1. The van der Waals surface area contributed by atoms with Crippen LogP contribution in [0.4, 0.5) is 5.69 Å². The number of carbonyl (C=O) groups excluding carboxylic acids is 1. The van der Waals surface area contributed by atoms with Crippen molar-refractivity contribution >= 4 is 11.6 Å². The number of hydrogen-bond acceptors (Lipinski definition) is 5. The van der Waals surface area contributed by atoms with E-state index in [1.165, 1.54) is 6.26 Å². The molecular weight excluding hydrogens is 320 g/mol. The third-order valence-electron chi connectivity index (χ3n) is 4.56. The maximum absolute atomic E-state index is 12.9. The van der Waals surface area contributed by atoms with Gasteiger partial charge >= 0.3 is 0 Å². The predicted molar refractivity (Wildman–Crippen MR) is 90.0 cm³/mol. The normalized spacial score (nSPS) is 19.4. The highest BCUT2D eigenvalue weighted by Gasteiger charge is 2.39. The molecule has 3 aromatic rings. The van der Waals surface area contributed by atoms with Gasteiger partial charge in [-0.1, -0.05) is 23.4 Å². The van der Waals surface area contributed by atoms with E-state index in [0.29, 0.717) is 11.4 Å². The van der Waals surface area contributed by atoms with Gasteiger partial charge in [-0.15, -0.1) is 0 Å². The molecule has 2 aromatic heterocycles. The molecule has 1 aliphatic rings. The first-order valence-corrected chi connectivity index (χ1v) is 8.20. The molecule has 0 radical (unpaired) electrons. The zero-order chi connectivity index (χ0) is 17.2. The lowest BCUT2D eigenvalue weighted by Crippen LogP contribution is -2.49. The molecule has 0 spiro atoms. The van der Waals surface area contributed by atoms with Gasteiger partial charge in [-0.3, -0.25) is 9.48 Å². The first-order valence-electron chi connectivity index (χ1n) is 8.20. The van der Waals surface area contributed by atoms with Crippen molar-refractivity contribution < 1.29 is 14.4 Å². The lowest BCUT2D eigenvalue weighted by atomic mass is 9.85.